The second-order valence-electron chi connectivity index (χ2n) is 11.1. The molecule has 1 N–H and O–H groups in total. The van der Waals surface area contributed by atoms with Crippen molar-refractivity contribution in [1.29, 1.82) is 0 Å². The van der Waals surface area contributed by atoms with E-state index in [-0.39, 0.29) is 5.97 Å². The predicted octanol–water partition coefficient (Wildman–Crippen LogP) is 6.97. The van der Waals surface area contributed by atoms with E-state index < -0.39 is 0 Å². The van der Waals surface area contributed by atoms with Crippen molar-refractivity contribution in [2.45, 2.75) is 59.0 Å². The number of nitrogens with one attached hydrogen (secondary N) is 1. The zero-order valence-corrected chi connectivity index (χ0v) is 24.9. The van der Waals surface area contributed by atoms with Crippen molar-refractivity contribution in [3.05, 3.63) is 83.3 Å². The number of hydrogen-bond acceptors (Lipinski definition) is 5. The van der Waals surface area contributed by atoms with Crippen molar-refractivity contribution in [2.24, 2.45) is 7.05 Å². The Balaban J connectivity index is 1.42. The molecule has 0 saturated carbocycles. The zero-order chi connectivity index (χ0) is 29.1. The predicted molar refractivity (Wildman–Crippen MR) is 168 cm³/mol. The fourth-order valence-electron chi connectivity index (χ4n) is 6.51. The number of fused-ring (bicyclic) bond motifs is 3. The average Bonchev–Trinajstić information content (AvgIpc) is 3.46. The number of esters is 1. The number of benzene rings is 3. The van der Waals surface area contributed by atoms with Gasteiger partial charge in [-0.3, -0.25) is 4.68 Å². The highest BCUT2D eigenvalue weighted by Gasteiger charge is 2.27. The summed E-state index contributed by atoms with van der Waals surface area (Å²) in [6, 6.07) is 20.9. The first-order valence-corrected chi connectivity index (χ1v) is 15.2. The van der Waals surface area contributed by atoms with E-state index in [1.807, 2.05) is 42.9 Å². The zero-order valence-electron chi connectivity index (χ0n) is 24.9. The van der Waals surface area contributed by atoms with E-state index in [9.17, 15) is 4.79 Å². The van der Waals surface area contributed by atoms with Crippen LogP contribution in [0.1, 0.15) is 60.0 Å². The number of aromatic nitrogens is 3. The number of ether oxygens (including phenoxy) is 2. The molecule has 7 nitrogen and oxygen atoms in total. The maximum Gasteiger partial charge on any atom is 0.355 e. The molecule has 6 rings (SSSR count). The van der Waals surface area contributed by atoms with Gasteiger partial charge >= 0.3 is 5.97 Å². The number of carbonyl (C=O) groups excluding carboxylic acids is 1. The molecule has 5 aromatic rings. The van der Waals surface area contributed by atoms with Crippen molar-refractivity contribution in [3.63, 3.8) is 0 Å². The Morgan fingerprint density at radius 3 is 2.69 bits per heavy atom. The lowest BCUT2D eigenvalue weighted by Gasteiger charge is -2.16. The van der Waals surface area contributed by atoms with Gasteiger partial charge in [0.15, 0.2) is 0 Å². The number of carbonyl (C=O) groups is 1. The van der Waals surface area contributed by atoms with Gasteiger partial charge in [0.1, 0.15) is 11.4 Å². The normalized spacial score (nSPS) is 13.9. The minimum Gasteiger partial charge on any atom is -0.493 e. The summed E-state index contributed by atoms with van der Waals surface area (Å²) >= 11 is 0. The molecule has 1 aliphatic heterocycles. The molecule has 42 heavy (non-hydrogen) atoms. The third-order valence-corrected chi connectivity index (χ3v) is 8.37. The van der Waals surface area contributed by atoms with Crippen LogP contribution in [-0.2, 0) is 31.3 Å². The maximum absolute atomic E-state index is 13.6. The van der Waals surface area contributed by atoms with Gasteiger partial charge in [0.2, 0.25) is 0 Å². The molecule has 0 amide bonds. The van der Waals surface area contributed by atoms with Crippen LogP contribution in [0.2, 0.25) is 0 Å². The summed E-state index contributed by atoms with van der Waals surface area (Å²) in [5.41, 5.74) is 7.26. The van der Waals surface area contributed by atoms with Gasteiger partial charge in [-0.05, 0) is 63.1 Å². The highest BCUT2D eigenvalue weighted by atomic mass is 16.5. The minimum absolute atomic E-state index is 0.249. The molecule has 0 spiro atoms. The third kappa shape index (κ3) is 5.29. The molecule has 7 heteroatoms. The molecular weight excluding hydrogens is 524 g/mol. The van der Waals surface area contributed by atoms with Crippen LogP contribution in [0.15, 0.2) is 60.7 Å². The summed E-state index contributed by atoms with van der Waals surface area (Å²) in [5, 5.41) is 11.8. The average molecular weight is 565 g/mol. The number of rotatable bonds is 7. The first-order valence-electron chi connectivity index (χ1n) is 15.2. The van der Waals surface area contributed by atoms with E-state index in [1.54, 1.807) is 0 Å². The van der Waals surface area contributed by atoms with Crippen molar-refractivity contribution in [1.82, 2.24) is 19.7 Å². The van der Waals surface area contributed by atoms with Gasteiger partial charge in [-0.1, -0.05) is 61.0 Å². The van der Waals surface area contributed by atoms with Gasteiger partial charge in [-0.15, -0.1) is 0 Å². The third-order valence-electron chi connectivity index (χ3n) is 8.37. The number of nitrogens with zero attached hydrogens (tertiary/aromatic N) is 3. The van der Waals surface area contributed by atoms with Crippen molar-refractivity contribution in [2.75, 3.05) is 19.8 Å². The Kier molecular flexibility index (Phi) is 8.29. The van der Waals surface area contributed by atoms with Crippen molar-refractivity contribution >= 4 is 27.6 Å². The summed E-state index contributed by atoms with van der Waals surface area (Å²) in [6.07, 6.45) is 4.66. The highest BCUT2D eigenvalue weighted by molar-refractivity contribution is 6.05. The van der Waals surface area contributed by atoms with Gasteiger partial charge in [-0.2, -0.15) is 5.10 Å². The van der Waals surface area contributed by atoms with E-state index in [2.05, 4.69) is 53.2 Å². The summed E-state index contributed by atoms with van der Waals surface area (Å²) in [7, 11) is 2.02. The molecule has 0 aliphatic carbocycles. The lowest BCUT2D eigenvalue weighted by molar-refractivity contribution is 0.0512. The van der Waals surface area contributed by atoms with Gasteiger partial charge in [0.25, 0.3) is 0 Å². The number of aryl methyl sites for hydroxylation is 4. The van der Waals surface area contributed by atoms with Gasteiger partial charge in [0.05, 0.1) is 30.1 Å². The summed E-state index contributed by atoms with van der Waals surface area (Å²) < 4.78 is 16.2. The van der Waals surface area contributed by atoms with Crippen LogP contribution in [0.4, 0.5) is 0 Å². The molecule has 0 saturated heterocycles. The first-order chi connectivity index (χ1) is 20.6. The monoisotopic (exact) mass is 564 g/mol. The fourth-order valence-corrected chi connectivity index (χ4v) is 6.51. The number of hydrogen-bond donors (Lipinski definition) is 1. The molecule has 2 aromatic heterocycles. The van der Waals surface area contributed by atoms with Crippen LogP contribution >= 0.6 is 0 Å². The molecule has 0 fully saturated rings. The molecule has 0 bridgehead atoms. The van der Waals surface area contributed by atoms with E-state index >= 15 is 0 Å². The Bertz CT molecular complexity index is 1730. The molecule has 3 aromatic carbocycles. The van der Waals surface area contributed by atoms with E-state index in [0.717, 1.165) is 95.4 Å². The smallest absolute Gasteiger partial charge is 0.355 e. The number of para-hydroxylation sites is 1. The van der Waals surface area contributed by atoms with Crippen LogP contribution in [-0.4, -0.2) is 40.1 Å². The van der Waals surface area contributed by atoms with E-state index in [0.29, 0.717) is 25.3 Å². The second-order valence-corrected chi connectivity index (χ2v) is 11.1. The second kappa shape index (κ2) is 12.4. The topological polar surface area (TPSA) is 70.3 Å². The Hall–Kier alpha value is -4.10. The largest absolute Gasteiger partial charge is 0.493 e. The SMILES string of the molecule is CCOC(=O)c1c(CCCOc2cccc3ccccc23)c2cccc3c2n1CCCCCNCc1c-3c(C)nn1C. The summed E-state index contributed by atoms with van der Waals surface area (Å²) in [5.74, 6) is 0.642. The minimum atomic E-state index is -0.249. The van der Waals surface area contributed by atoms with E-state index in [4.69, 9.17) is 14.6 Å². The van der Waals surface area contributed by atoms with Crippen LogP contribution in [0, 0.1) is 6.92 Å². The van der Waals surface area contributed by atoms with Gasteiger partial charge in [0, 0.05) is 42.0 Å². The molecular formula is C35H40N4O3. The van der Waals surface area contributed by atoms with Crippen LogP contribution < -0.4 is 10.1 Å². The Morgan fingerprint density at radius 2 is 1.81 bits per heavy atom. The molecule has 218 valence electrons. The van der Waals surface area contributed by atoms with Crippen molar-refractivity contribution < 1.29 is 14.3 Å². The summed E-state index contributed by atoms with van der Waals surface area (Å²) in [6.45, 7) is 7.33. The lowest BCUT2D eigenvalue weighted by atomic mass is 9.98. The molecule has 0 radical (unpaired) electrons. The highest BCUT2D eigenvalue weighted by Crippen LogP contribution is 2.39. The van der Waals surface area contributed by atoms with E-state index in [1.165, 1.54) is 5.39 Å². The fraction of sp³-hybridized carbons (Fsp3) is 0.371. The molecule has 3 heterocycles. The molecule has 1 aliphatic rings. The first kappa shape index (κ1) is 28.0. The van der Waals surface area contributed by atoms with Crippen LogP contribution in [0.3, 0.4) is 0 Å². The lowest BCUT2D eigenvalue weighted by Crippen LogP contribution is -2.19. The molecule has 0 unspecified atom stereocenters. The summed E-state index contributed by atoms with van der Waals surface area (Å²) in [4.78, 5) is 13.6. The Labute approximate surface area is 247 Å². The quantitative estimate of drug-likeness (QED) is 0.171. The van der Waals surface area contributed by atoms with Gasteiger partial charge in [-0.25, -0.2) is 4.79 Å². The Morgan fingerprint density at radius 1 is 1.00 bits per heavy atom. The standard InChI is InChI=1S/C35H40N4O3/c1-4-41-35(40)34-28(18-12-22-42-31-19-10-14-25-13-6-7-15-26(25)31)27-16-11-17-29-32-24(2)37-38(3)30(32)23-36-20-8-5-9-21-39(34)33(27)29/h6-7,10-11,13-17,19,36H,4-5,8-9,12,18,20-23H2,1-3H3. The van der Waals surface area contributed by atoms with Crippen molar-refractivity contribution in [3.8, 4) is 16.9 Å². The molecule has 0 atom stereocenters. The van der Waals surface area contributed by atoms with Gasteiger partial charge < -0.3 is 19.4 Å². The van der Waals surface area contributed by atoms with Crippen LogP contribution in [0.5, 0.6) is 5.75 Å². The van der Waals surface area contributed by atoms with Crippen LogP contribution in [0.25, 0.3) is 32.8 Å². The maximum atomic E-state index is 13.6.